The van der Waals surface area contributed by atoms with E-state index in [2.05, 4.69) is 39.1 Å². The molecule has 2 aliphatic rings. The molecule has 0 amide bonds. The van der Waals surface area contributed by atoms with Crippen molar-refractivity contribution in [3.63, 3.8) is 0 Å². The van der Waals surface area contributed by atoms with Gasteiger partial charge in [0.1, 0.15) is 6.33 Å². The number of hydrogen-bond acceptors (Lipinski definition) is 5. The van der Waals surface area contributed by atoms with Crippen LogP contribution in [0.4, 0.5) is 5.95 Å². The first kappa shape index (κ1) is 17.1. The van der Waals surface area contributed by atoms with Gasteiger partial charge in [-0.2, -0.15) is 0 Å². The second-order valence-corrected chi connectivity index (χ2v) is 7.78. The van der Waals surface area contributed by atoms with Crippen LogP contribution in [0, 0.1) is 0 Å². The lowest BCUT2D eigenvalue weighted by molar-refractivity contribution is 0.301. The van der Waals surface area contributed by atoms with Crippen LogP contribution in [0.25, 0.3) is 11.4 Å². The van der Waals surface area contributed by atoms with Gasteiger partial charge in [0.25, 0.3) is 5.56 Å². The zero-order chi connectivity index (χ0) is 19.0. The molecule has 0 N–H and O–H groups in total. The molecule has 1 aliphatic carbocycles. The number of rotatable bonds is 3. The molecule has 0 unspecified atom stereocenters. The van der Waals surface area contributed by atoms with Gasteiger partial charge in [-0.15, -0.1) is 0 Å². The number of benzene rings is 1. The second-order valence-electron chi connectivity index (χ2n) is 7.78. The van der Waals surface area contributed by atoms with Crippen molar-refractivity contribution in [1.82, 2.24) is 19.5 Å². The minimum Gasteiger partial charge on any atom is -0.332 e. The topological polar surface area (TPSA) is 63.9 Å². The third kappa shape index (κ3) is 2.89. The van der Waals surface area contributed by atoms with Crippen LogP contribution >= 0.6 is 0 Å². The van der Waals surface area contributed by atoms with Crippen molar-refractivity contribution in [3.8, 4) is 11.4 Å². The number of hydrogen-bond donors (Lipinski definition) is 0. The molecule has 28 heavy (non-hydrogen) atoms. The molecule has 2 aromatic heterocycles. The molecule has 0 atom stereocenters. The molecular weight excluding hydrogens is 350 g/mol. The molecule has 6 nitrogen and oxygen atoms in total. The molecule has 1 spiro atoms. The van der Waals surface area contributed by atoms with E-state index in [-0.39, 0.29) is 11.1 Å². The van der Waals surface area contributed by atoms with E-state index in [0.29, 0.717) is 11.4 Å². The Morgan fingerprint density at radius 1 is 1.00 bits per heavy atom. The van der Waals surface area contributed by atoms with Crippen LogP contribution in [0.1, 0.15) is 37.7 Å². The highest BCUT2D eigenvalue weighted by Gasteiger charge is 2.44. The highest BCUT2D eigenvalue weighted by atomic mass is 16.1. The maximum atomic E-state index is 12.9. The molecule has 1 aliphatic heterocycles. The van der Waals surface area contributed by atoms with Crippen molar-refractivity contribution < 1.29 is 0 Å². The monoisotopic (exact) mass is 373 g/mol. The fourth-order valence-electron chi connectivity index (χ4n) is 4.71. The van der Waals surface area contributed by atoms with Gasteiger partial charge in [-0.3, -0.25) is 9.36 Å². The largest absolute Gasteiger partial charge is 0.332 e. The van der Waals surface area contributed by atoms with Gasteiger partial charge in [0.05, 0.1) is 11.4 Å². The number of nitrogens with zero attached hydrogens (tertiary/aromatic N) is 5. The van der Waals surface area contributed by atoms with Crippen LogP contribution in [-0.4, -0.2) is 25.1 Å². The predicted molar refractivity (Wildman–Crippen MR) is 108 cm³/mol. The van der Waals surface area contributed by atoms with Gasteiger partial charge in [-0.05, 0) is 30.9 Å². The van der Waals surface area contributed by atoms with Crippen LogP contribution < -0.4 is 10.5 Å². The zero-order valence-electron chi connectivity index (χ0n) is 15.8. The van der Waals surface area contributed by atoms with Gasteiger partial charge in [0.2, 0.25) is 5.95 Å². The van der Waals surface area contributed by atoms with E-state index in [4.69, 9.17) is 4.98 Å². The van der Waals surface area contributed by atoms with E-state index in [9.17, 15) is 4.79 Å². The van der Waals surface area contributed by atoms with Gasteiger partial charge in [-0.1, -0.05) is 43.2 Å². The highest BCUT2D eigenvalue weighted by molar-refractivity contribution is 5.56. The average molecular weight is 373 g/mol. The Labute approximate surface area is 163 Å². The SMILES string of the molecule is O=c1cc(-c2ccncn2)nc2n1CCC1(CCCC1)N2Cc1ccccc1. The molecule has 5 rings (SSSR count). The fraction of sp³-hybridized carbons (Fsp3) is 0.364. The summed E-state index contributed by atoms with van der Waals surface area (Å²) in [5, 5.41) is 0. The fourth-order valence-corrected chi connectivity index (χ4v) is 4.71. The summed E-state index contributed by atoms with van der Waals surface area (Å²) < 4.78 is 1.83. The van der Waals surface area contributed by atoms with E-state index in [1.807, 2.05) is 10.6 Å². The summed E-state index contributed by atoms with van der Waals surface area (Å²) in [5.41, 5.74) is 2.63. The van der Waals surface area contributed by atoms with E-state index >= 15 is 0 Å². The molecule has 3 aromatic rings. The minimum atomic E-state index is -0.00970. The normalized spacial score (nSPS) is 17.6. The quantitative estimate of drug-likeness (QED) is 0.704. The lowest BCUT2D eigenvalue weighted by Crippen LogP contribution is -2.53. The molecule has 142 valence electrons. The van der Waals surface area contributed by atoms with Gasteiger partial charge < -0.3 is 4.90 Å². The maximum absolute atomic E-state index is 12.9. The first-order chi connectivity index (χ1) is 13.8. The number of aromatic nitrogens is 4. The number of fused-ring (bicyclic) bond motifs is 1. The maximum Gasteiger partial charge on any atom is 0.255 e. The molecule has 0 saturated heterocycles. The van der Waals surface area contributed by atoms with Crippen molar-refractivity contribution in [1.29, 1.82) is 0 Å². The van der Waals surface area contributed by atoms with E-state index in [1.54, 1.807) is 18.3 Å². The van der Waals surface area contributed by atoms with E-state index in [0.717, 1.165) is 38.3 Å². The van der Waals surface area contributed by atoms with Crippen molar-refractivity contribution in [2.45, 2.75) is 50.7 Å². The first-order valence-corrected chi connectivity index (χ1v) is 9.95. The van der Waals surface area contributed by atoms with Crippen molar-refractivity contribution in [3.05, 3.63) is 70.9 Å². The Bertz CT molecular complexity index is 1030. The van der Waals surface area contributed by atoms with Crippen LogP contribution in [0.15, 0.2) is 59.8 Å². The predicted octanol–water partition coefficient (Wildman–Crippen LogP) is 3.42. The minimum absolute atomic E-state index is 0.00970. The van der Waals surface area contributed by atoms with E-state index < -0.39 is 0 Å². The second kappa shape index (κ2) is 6.86. The standard InChI is InChI=1S/C22H23N5O/c28-20-14-19(18-8-12-23-16-24-18)25-21-26(20)13-11-22(9-4-5-10-22)27(21)15-17-6-2-1-3-7-17/h1-3,6-8,12,14,16H,4-5,9-11,13,15H2. The summed E-state index contributed by atoms with van der Waals surface area (Å²) in [5.74, 6) is 0.776. The average Bonchev–Trinajstić information content (AvgIpc) is 3.21. The van der Waals surface area contributed by atoms with E-state index in [1.165, 1.54) is 24.7 Å². The van der Waals surface area contributed by atoms with Crippen molar-refractivity contribution in [2.24, 2.45) is 0 Å². The summed E-state index contributed by atoms with van der Waals surface area (Å²) in [6.07, 6.45) is 8.97. The molecule has 1 fully saturated rings. The lowest BCUT2D eigenvalue weighted by atomic mass is 9.89. The highest BCUT2D eigenvalue weighted by Crippen LogP contribution is 2.44. The molecule has 0 radical (unpaired) electrons. The third-order valence-corrected chi connectivity index (χ3v) is 6.17. The van der Waals surface area contributed by atoms with Crippen molar-refractivity contribution in [2.75, 3.05) is 4.90 Å². The first-order valence-electron chi connectivity index (χ1n) is 9.95. The Kier molecular flexibility index (Phi) is 4.19. The Morgan fingerprint density at radius 3 is 2.57 bits per heavy atom. The van der Waals surface area contributed by atoms with Crippen LogP contribution in [-0.2, 0) is 13.1 Å². The van der Waals surface area contributed by atoms with Crippen molar-refractivity contribution >= 4 is 5.95 Å². The smallest absolute Gasteiger partial charge is 0.255 e. The summed E-state index contributed by atoms with van der Waals surface area (Å²) >= 11 is 0. The lowest BCUT2D eigenvalue weighted by Gasteiger charge is -2.46. The van der Waals surface area contributed by atoms with Gasteiger partial charge in [-0.25, -0.2) is 15.0 Å². The van der Waals surface area contributed by atoms with Crippen LogP contribution in [0.3, 0.4) is 0 Å². The Balaban J connectivity index is 1.65. The summed E-state index contributed by atoms with van der Waals surface area (Å²) in [7, 11) is 0. The van der Waals surface area contributed by atoms with Gasteiger partial charge in [0, 0.05) is 30.9 Å². The van der Waals surface area contributed by atoms with Gasteiger partial charge in [0.15, 0.2) is 0 Å². The molecular formula is C22H23N5O. The van der Waals surface area contributed by atoms with Crippen LogP contribution in [0.5, 0.6) is 0 Å². The summed E-state index contributed by atoms with van der Waals surface area (Å²) in [6, 6.07) is 13.9. The number of anilines is 1. The Hall–Kier alpha value is -3.02. The molecule has 3 heterocycles. The molecule has 6 heteroatoms. The zero-order valence-corrected chi connectivity index (χ0v) is 15.8. The summed E-state index contributed by atoms with van der Waals surface area (Å²) in [6.45, 7) is 1.50. The van der Waals surface area contributed by atoms with Gasteiger partial charge >= 0.3 is 0 Å². The van der Waals surface area contributed by atoms with Crippen LogP contribution in [0.2, 0.25) is 0 Å². The summed E-state index contributed by atoms with van der Waals surface area (Å²) in [4.78, 5) is 28.5. The molecule has 1 aromatic carbocycles. The molecule has 1 saturated carbocycles. The third-order valence-electron chi connectivity index (χ3n) is 6.17. The Morgan fingerprint density at radius 2 is 1.82 bits per heavy atom. The molecule has 0 bridgehead atoms.